The molecule has 256 valence electrons. The highest BCUT2D eigenvalue weighted by Gasteiger charge is 2.17. The van der Waals surface area contributed by atoms with Crippen molar-refractivity contribution in [2.24, 2.45) is 0 Å². The lowest BCUT2D eigenvalue weighted by atomic mass is 10.1. The molecule has 1 fully saturated rings. The van der Waals surface area contributed by atoms with E-state index < -0.39 is 0 Å². The fraction of sp³-hybridized carbons (Fsp3) is 0.342. The summed E-state index contributed by atoms with van der Waals surface area (Å²) in [7, 11) is 0. The third kappa shape index (κ3) is 8.41. The molecule has 6 rings (SSSR count). The summed E-state index contributed by atoms with van der Waals surface area (Å²) in [4.78, 5) is 32.5. The van der Waals surface area contributed by atoms with Gasteiger partial charge in [0, 0.05) is 47.2 Å². The number of carbonyl (C=O) groups is 2. The highest BCUT2D eigenvalue weighted by atomic mass is 32.1. The molecule has 3 amide bonds. The van der Waals surface area contributed by atoms with E-state index in [0.717, 1.165) is 43.7 Å². The second kappa shape index (κ2) is 16.0. The molecule has 0 unspecified atom stereocenters. The van der Waals surface area contributed by atoms with Crippen molar-refractivity contribution in [2.75, 3.05) is 30.3 Å². The quantitative estimate of drug-likeness (QED) is 0.115. The molecule has 0 bridgehead atoms. The zero-order valence-corrected chi connectivity index (χ0v) is 29.1. The highest BCUT2D eigenvalue weighted by Crippen LogP contribution is 2.37. The third-order valence-corrected chi connectivity index (χ3v) is 9.57. The largest absolute Gasteiger partial charge is 0.490 e. The molecular formula is C38H44N6O4S. The van der Waals surface area contributed by atoms with Gasteiger partial charge in [0.1, 0.15) is 0 Å². The molecule has 1 aliphatic rings. The van der Waals surface area contributed by atoms with Crippen molar-refractivity contribution in [2.45, 2.75) is 65.5 Å². The van der Waals surface area contributed by atoms with Gasteiger partial charge in [-0.2, -0.15) is 0 Å². The number of benzene rings is 3. The van der Waals surface area contributed by atoms with Gasteiger partial charge in [0.25, 0.3) is 5.91 Å². The van der Waals surface area contributed by atoms with Crippen molar-refractivity contribution >= 4 is 45.0 Å². The maximum absolute atomic E-state index is 13.2. The Morgan fingerprint density at radius 1 is 0.918 bits per heavy atom. The van der Waals surface area contributed by atoms with Crippen molar-refractivity contribution in [3.05, 3.63) is 90.3 Å². The molecule has 2 aromatic heterocycles. The fourth-order valence-corrected chi connectivity index (χ4v) is 6.82. The number of thiazole rings is 1. The van der Waals surface area contributed by atoms with E-state index in [1.165, 1.54) is 41.5 Å². The molecule has 0 saturated carbocycles. The van der Waals surface area contributed by atoms with Gasteiger partial charge in [-0.15, -0.1) is 0 Å². The standard InChI is InChI=1S/C38H44N6O4S/c1-4-28(5-2)40-37(46)41-29-16-19-33(34(22-29)47-6-3)48-35-23-39-38(49-35)42-36(45)26-14-17-30(18-15-26)44-25-27(24-43-20-10-7-11-21-43)31-12-8-9-13-32(31)44/h8-9,12-19,22-23,25,28H,4-7,10-11,20-21,24H2,1-3H3,(H,39,42,45)(H2,40,41,46). The summed E-state index contributed by atoms with van der Waals surface area (Å²) < 4.78 is 14.1. The number of hydrogen-bond donors (Lipinski definition) is 3. The van der Waals surface area contributed by atoms with Gasteiger partial charge in [0.15, 0.2) is 16.6 Å². The first-order valence-electron chi connectivity index (χ1n) is 17.1. The van der Waals surface area contributed by atoms with Crippen molar-refractivity contribution in [1.82, 2.24) is 19.8 Å². The van der Waals surface area contributed by atoms with Crippen LogP contribution in [0.15, 0.2) is 79.1 Å². The minimum absolute atomic E-state index is 0.113. The number of anilines is 2. The Kier molecular flexibility index (Phi) is 11.1. The molecule has 3 aromatic carbocycles. The fourth-order valence-electron chi connectivity index (χ4n) is 6.15. The summed E-state index contributed by atoms with van der Waals surface area (Å²) in [6.45, 7) is 9.62. The van der Waals surface area contributed by atoms with Crippen LogP contribution in [0.3, 0.4) is 0 Å². The second-order valence-electron chi connectivity index (χ2n) is 12.2. The Balaban J connectivity index is 1.10. The summed E-state index contributed by atoms with van der Waals surface area (Å²) >= 11 is 1.21. The van der Waals surface area contributed by atoms with Gasteiger partial charge in [0.2, 0.25) is 5.06 Å². The zero-order chi connectivity index (χ0) is 34.2. The monoisotopic (exact) mass is 680 g/mol. The number of para-hydroxylation sites is 1. The molecule has 3 heterocycles. The van der Waals surface area contributed by atoms with Crippen molar-refractivity contribution in [1.29, 1.82) is 0 Å². The van der Waals surface area contributed by atoms with Crippen LogP contribution in [0, 0.1) is 0 Å². The van der Waals surface area contributed by atoms with Gasteiger partial charge in [0.05, 0.1) is 18.3 Å². The smallest absolute Gasteiger partial charge is 0.319 e. The van der Waals surface area contributed by atoms with E-state index in [2.05, 4.69) is 60.9 Å². The van der Waals surface area contributed by atoms with E-state index in [1.807, 2.05) is 45.0 Å². The lowest BCUT2D eigenvalue weighted by Crippen LogP contribution is -2.37. The minimum atomic E-state index is -0.266. The Labute approximate surface area is 291 Å². The van der Waals surface area contributed by atoms with E-state index in [4.69, 9.17) is 9.47 Å². The Bertz CT molecular complexity index is 1870. The van der Waals surface area contributed by atoms with Crippen LogP contribution in [0.2, 0.25) is 0 Å². The van der Waals surface area contributed by atoms with Crippen LogP contribution in [0.5, 0.6) is 16.6 Å². The molecule has 11 heteroatoms. The first-order valence-corrected chi connectivity index (χ1v) is 18.0. The van der Waals surface area contributed by atoms with Crippen LogP contribution >= 0.6 is 11.3 Å². The Morgan fingerprint density at radius 2 is 1.69 bits per heavy atom. The molecule has 10 nitrogen and oxygen atoms in total. The molecule has 0 spiro atoms. The van der Waals surface area contributed by atoms with Gasteiger partial charge in [-0.25, -0.2) is 9.78 Å². The van der Waals surface area contributed by atoms with Crippen LogP contribution in [0.1, 0.15) is 68.8 Å². The highest BCUT2D eigenvalue weighted by molar-refractivity contribution is 7.17. The number of amides is 3. The molecular weight excluding hydrogens is 637 g/mol. The number of nitrogens with one attached hydrogen (secondary N) is 3. The predicted octanol–water partition coefficient (Wildman–Crippen LogP) is 8.83. The third-order valence-electron chi connectivity index (χ3n) is 8.78. The first kappa shape index (κ1) is 34.0. The van der Waals surface area contributed by atoms with E-state index in [9.17, 15) is 9.59 Å². The number of hydrogen-bond acceptors (Lipinski definition) is 7. The van der Waals surface area contributed by atoms with Gasteiger partial charge in [-0.3, -0.25) is 15.0 Å². The van der Waals surface area contributed by atoms with Crippen LogP contribution in [-0.2, 0) is 6.54 Å². The second-order valence-corrected chi connectivity index (χ2v) is 13.2. The average molecular weight is 681 g/mol. The molecule has 49 heavy (non-hydrogen) atoms. The van der Waals surface area contributed by atoms with Crippen molar-refractivity contribution < 1.29 is 19.1 Å². The van der Waals surface area contributed by atoms with Crippen LogP contribution in [-0.4, -0.2) is 52.1 Å². The zero-order valence-electron chi connectivity index (χ0n) is 28.3. The van der Waals surface area contributed by atoms with E-state index >= 15 is 0 Å². The number of piperidine rings is 1. The summed E-state index contributed by atoms with van der Waals surface area (Å²) in [6, 6.07) is 21.2. The topological polar surface area (TPSA) is 110 Å². The molecule has 5 aromatic rings. The van der Waals surface area contributed by atoms with Gasteiger partial charge < -0.3 is 24.7 Å². The van der Waals surface area contributed by atoms with E-state index in [1.54, 1.807) is 24.4 Å². The number of urea groups is 1. The summed E-state index contributed by atoms with van der Waals surface area (Å²) in [5.41, 5.74) is 4.59. The molecule has 0 radical (unpaired) electrons. The summed E-state index contributed by atoms with van der Waals surface area (Å²) in [5, 5.41) is 10.9. The first-order chi connectivity index (χ1) is 23.9. The molecule has 3 N–H and O–H groups in total. The lowest BCUT2D eigenvalue weighted by molar-refractivity contribution is 0.102. The van der Waals surface area contributed by atoms with Gasteiger partial charge in [-0.05, 0) is 93.7 Å². The van der Waals surface area contributed by atoms with Crippen molar-refractivity contribution in [3.8, 4) is 22.2 Å². The molecule has 0 aliphatic carbocycles. The van der Waals surface area contributed by atoms with Gasteiger partial charge >= 0.3 is 6.03 Å². The maximum Gasteiger partial charge on any atom is 0.319 e. The number of likely N-dealkylation sites (tertiary alicyclic amines) is 1. The van der Waals surface area contributed by atoms with Crippen LogP contribution in [0.25, 0.3) is 16.6 Å². The minimum Gasteiger partial charge on any atom is -0.490 e. The summed E-state index contributed by atoms with van der Waals surface area (Å²) in [6.07, 6.45) is 9.36. The molecule has 0 atom stereocenters. The summed E-state index contributed by atoms with van der Waals surface area (Å²) in [5.74, 6) is 0.699. The number of aromatic nitrogens is 2. The molecule has 1 saturated heterocycles. The van der Waals surface area contributed by atoms with Crippen LogP contribution < -0.4 is 25.4 Å². The SMILES string of the molecule is CCOc1cc(NC(=O)NC(CC)CC)ccc1Oc1cnc(NC(=O)c2ccc(-n3cc(CN4CCCCC4)c4ccccc43)cc2)s1. The lowest BCUT2D eigenvalue weighted by Gasteiger charge is -2.26. The Hall–Kier alpha value is -4.87. The average Bonchev–Trinajstić information content (AvgIpc) is 3.72. The Morgan fingerprint density at radius 3 is 2.45 bits per heavy atom. The van der Waals surface area contributed by atoms with E-state index in [-0.39, 0.29) is 18.0 Å². The number of nitrogens with zero attached hydrogens (tertiary/aromatic N) is 3. The number of rotatable bonds is 13. The van der Waals surface area contributed by atoms with Gasteiger partial charge in [-0.1, -0.05) is 49.8 Å². The molecule has 1 aliphatic heterocycles. The van der Waals surface area contributed by atoms with Crippen LogP contribution in [0.4, 0.5) is 15.6 Å². The number of carbonyl (C=O) groups excluding carboxylic acids is 2. The van der Waals surface area contributed by atoms with Crippen molar-refractivity contribution in [3.63, 3.8) is 0 Å². The van der Waals surface area contributed by atoms with E-state index in [0.29, 0.717) is 39.6 Å². The number of ether oxygens (including phenoxy) is 2. The normalized spacial score (nSPS) is 13.4. The maximum atomic E-state index is 13.2. The predicted molar refractivity (Wildman–Crippen MR) is 197 cm³/mol. The number of fused-ring (bicyclic) bond motifs is 1.